The molecule has 2 aromatic carbocycles. The van der Waals surface area contributed by atoms with Gasteiger partial charge in [-0.3, -0.25) is 14.7 Å². The van der Waals surface area contributed by atoms with Crippen LogP contribution in [0.3, 0.4) is 0 Å². The van der Waals surface area contributed by atoms with Gasteiger partial charge in [0.05, 0.1) is 33.5 Å². The van der Waals surface area contributed by atoms with Crippen molar-refractivity contribution in [1.82, 2.24) is 15.2 Å². The van der Waals surface area contributed by atoms with Crippen LogP contribution < -0.4 is 5.32 Å². The molecule has 2 heterocycles. The molecular weight excluding hydrogens is 527 g/mol. The molecule has 10 heteroatoms. The molecule has 0 bridgehead atoms. The van der Waals surface area contributed by atoms with E-state index in [1.165, 1.54) is 24.3 Å². The molecule has 1 aliphatic rings. The van der Waals surface area contributed by atoms with Crippen LogP contribution in [0.5, 0.6) is 0 Å². The monoisotopic (exact) mass is 559 g/mol. The van der Waals surface area contributed by atoms with Crippen LogP contribution in [0.2, 0.25) is 0 Å². The van der Waals surface area contributed by atoms with Crippen LogP contribution >= 0.6 is 0 Å². The smallest absolute Gasteiger partial charge is 0.348 e. The van der Waals surface area contributed by atoms with Crippen molar-refractivity contribution >= 4 is 15.7 Å². The number of sulfone groups is 1. The number of alkyl halides is 3. The molecule has 0 spiro atoms. The molecule has 1 aromatic heterocycles. The van der Waals surface area contributed by atoms with E-state index in [9.17, 15) is 26.4 Å². The Morgan fingerprint density at radius 2 is 1.67 bits per heavy atom. The zero-order valence-electron chi connectivity index (χ0n) is 22.3. The van der Waals surface area contributed by atoms with Gasteiger partial charge in [0.1, 0.15) is 0 Å². The van der Waals surface area contributed by atoms with Gasteiger partial charge in [-0.15, -0.1) is 0 Å². The molecule has 0 saturated carbocycles. The van der Waals surface area contributed by atoms with Crippen LogP contribution in [0.25, 0.3) is 0 Å². The molecular formula is C29H32F3N3O3S. The van der Waals surface area contributed by atoms with Crippen molar-refractivity contribution in [2.45, 2.75) is 63.9 Å². The van der Waals surface area contributed by atoms with Crippen molar-refractivity contribution in [3.8, 4) is 0 Å². The Balaban J connectivity index is 1.49. The van der Waals surface area contributed by atoms with Gasteiger partial charge in [-0.25, -0.2) is 8.42 Å². The number of pyridine rings is 1. The van der Waals surface area contributed by atoms with E-state index in [-0.39, 0.29) is 41.1 Å². The molecule has 0 fully saturated rings. The number of hydrogen-bond acceptors (Lipinski definition) is 5. The maximum absolute atomic E-state index is 13.0. The lowest BCUT2D eigenvalue weighted by Gasteiger charge is -2.31. The summed E-state index contributed by atoms with van der Waals surface area (Å²) in [6, 6.07) is 13.3. The highest BCUT2D eigenvalue weighted by Gasteiger charge is 2.39. The Hall–Kier alpha value is -3.24. The second-order valence-electron chi connectivity index (χ2n) is 10.2. The first kappa shape index (κ1) is 28.8. The highest BCUT2D eigenvalue weighted by atomic mass is 32.2. The number of fused-ring (bicyclic) bond motifs is 1. The Kier molecular flexibility index (Phi) is 8.18. The Bertz CT molecular complexity index is 1440. The molecule has 3 aromatic rings. The number of benzene rings is 2. The SMILES string of the molecule is CCS(=O)(=O)c1ccc(CNC(=O)c2cnc3c(c2)[C@H](C)N(Cc2ccc(C(F)(F)F)cc2)C3C(C)C)cc1. The number of rotatable bonds is 8. The number of halogens is 3. The van der Waals surface area contributed by atoms with Gasteiger partial charge < -0.3 is 5.32 Å². The largest absolute Gasteiger partial charge is 0.416 e. The molecule has 1 N–H and O–H groups in total. The quantitative estimate of drug-likeness (QED) is 0.361. The summed E-state index contributed by atoms with van der Waals surface area (Å²) in [5.41, 5.74) is 3.05. The Morgan fingerprint density at radius 3 is 2.23 bits per heavy atom. The molecule has 0 saturated heterocycles. The maximum atomic E-state index is 13.0. The Morgan fingerprint density at radius 1 is 1.05 bits per heavy atom. The maximum Gasteiger partial charge on any atom is 0.416 e. The number of aromatic nitrogens is 1. The van der Waals surface area contributed by atoms with Crippen molar-refractivity contribution < 1.29 is 26.4 Å². The zero-order valence-corrected chi connectivity index (χ0v) is 23.1. The van der Waals surface area contributed by atoms with Crippen LogP contribution in [0, 0.1) is 5.92 Å². The molecule has 1 aliphatic heterocycles. The molecule has 4 rings (SSSR count). The summed E-state index contributed by atoms with van der Waals surface area (Å²) < 4.78 is 63.0. The predicted molar refractivity (Wildman–Crippen MR) is 143 cm³/mol. The van der Waals surface area contributed by atoms with Crippen molar-refractivity contribution in [2.75, 3.05) is 5.75 Å². The Labute approximate surface area is 227 Å². The van der Waals surface area contributed by atoms with E-state index >= 15 is 0 Å². The summed E-state index contributed by atoms with van der Waals surface area (Å²) in [6.07, 6.45) is -2.83. The molecule has 0 aliphatic carbocycles. The third kappa shape index (κ3) is 6.17. The van der Waals surface area contributed by atoms with Crippen molar-refractivity contribution in [2.24, 2.45) is 5.92 Å². The summed E-state index contributed by atoms with van der Waals surface area (Å²) >= 11 is 0. The second kappa shape index (κ2) is 11.1. The average molecular weight is 560 g/mol. The van der Waals surface area contributed by atoms with Gasteiger partial charge in [0, 0.05) is 25.3 Å². The van der Waals surface area contributed by atoms with E-state index in [1.807, 2.05) is 13.0 Å². The van der Waals surface area contributed by atoms with Crippen LogP contribution in [0.4, 0.5) is 13.2 Å². The molecule has 1 amide bonds. The van der Waals surface area contributed by atoms with Crippen LogP contribution in [-0.2, 0) is 29.1 Å². The number of nitrogens with one attached hydrogen (secondary N) is 1. The number of hydrogen-bond donors (Lipinski definition) is 1. The van der Waals surface area contributed by atoms with Crippen molar-refractivity contribution in [3.63, 3.8) is 0 Å². The van der Waals surface area contributed by atoms with Gasteiger partial charge >= 0.3 is 6.18 Å². The highest BCUT2D eigenvalue weighted by Crippen LogP contribution is 2.45. The van der Waals surface area contributed by atoms with Gasteiger partial charge in [0.25, 0.3) is 5.91 Å². The van der Waals surface area contributed by atoms with Crippen LogP contribution in [0.15, 0.2) is 65.7 Å². The minimum absolute atomic E-state index is 0.0201. The lowest BCUT2D eigenvalue weighted by molar-refractivity contribution is -0.137. The van der Waals surface area contributed by atoms with Crippen LogP contribution in [-0.4, -0.2) is 30.0 Å². The van der Waals surface area contributed by atoms with Gasteiger partial charge in [-0.05, 0) is 59.9 Å². The number of carbonyl (C=O) groups excluding carboxylic acids is 1. The first-order chi connectivity index (χ1) is 18.3. The second-order valence-corrected chi connectivity index (χ2v) is 12.4. The zero-order chi connectivity index (χ0) is 28.5. The lowest BCUT2D eigenvalue weighted by atomic mass is 9.99. The van der Waals surface area contributed by atoms with E-state index in [0.717, 1.165) is 34.5 Å². The van der Waals surface area contributed by atoms with Gasteiger partial charge in [-0.1, -0.05) is 45.0 Å². The van der Waals surface area contributed by atoms with E-state index in [2.05, 4.69) is 29.0 Å². The summed E-state index contributed by atoms with van der Waals surface area (Å²) in [6.45, 7) is 8.43. The molecule has 208 valence electrons. The molecule has 1 unspecified atom stereocenters. The fourth-order valence-corrected chi connectivity index (χ4v) is 5.87. The molecule has 0 radical (unpaired) electrons. The third-order valence-corrected chi connectivity index (χ3v) is 8.94. The van der Waals surface area contributed by atoms with Crippen molar-refractivity contribution in [1.29, 1.82) is 0 Å². The van der Waals surface area contributed by atoms with Gasteiger partial charge in [0.15, 0.2) is 9.84 Å². The minimum Gasteiger partial charge on any atom is -0.348 e. The van der Waals surface area contributed by atoms with E-state index in [0.29, 0.717) is 12.1 Å². The summed E-state index contributed by atoms with van der Waals surface area (Å²) in [4.78, 5) is 20.1. The number of nitrogens with zero attached hydrogens (tertiary/aromatic N) is 2. The standard InChI is InChI=1S/C29H32F3N3O3S/c1-5-39(37,38)24-12-8-20(9-13-24)15-34-28(36)22-14-25-19(4)35(27(18(2)3)26(25)33-16-22)17-21-6-10-23(11-7-21)29(30,31)32/h6-14,16,18-19,27H,5,15,17H2,1-4H3,(H,34,36)/t19-,27?/m0/s1. The highest BCUT2D eigenvalue weighted by molar-refractivity contribution is 7.91. The minimum atomic E-state index is -4.38. The number of carbonyl (C=O) groups is 1. The van der Waals surface area contributed by atoms with Gasteiger partial charge in [0.2, 0.25) is 0 Å². The van der Waals surface area contributed by atoms with Crippen LogP contribution in [0.1, 0.15) is 78.1 Å². The van der Waals surface area contributed by atoms with Crippen molar-refractivity contribution in [3.05, 3.63) is 94.3 Å². The summed E-state index contributed by atoms with van der Waals surface area (Å²) in [5, 5.41) is 2.86. The average Bonchev–Trinajstić information content (AvgIpc) is 3.18. The van der Waals surface area contributed by atoms with E-state index in [1.54, 1.807) is 25.3 Å². The topological polar surface area (TPSA) is 79.4 Å². The van der Waals surface area contributed by atoms with E-state index in [4.69, 9.17) is 0 Å². The molecule has 2 atom stereocenters. The normalized spacial score (nSPS) is 17.8. The fourth-order valence-electron chi connectivity index (χ4n) is 4.98. The predicted octanol–water partition coefficient (Wildman–Crippen LogP) is 6.10. The number of amides is 1. The first-order valence-electron chi connectivity index (χ1n) is 12.8. The summed E-state index contributed by atoms with van der Waals surface area (Å²) in [5.74, 6) is -0.0911. The third-order valence-electron chi connectivity index (χ3n) is 7.19. The first-order valence-corrected chi connectivity index (χ1v) is 14.5. The summed E-state index contributed by atoms with van der Waals surface area (Å²) in [7, 11) is -3.29. The fraction of sp³-hybridized carbons (Fsp3) is 0.379. The van der Waals surface area contributed by atoms with Gasteiger partial charge in [-0.2, -0.15) is 13.2 Å². The van der Waals surface area contributed by atoms with E-state index < -0.39 is 21.6 Å². The lowest BCUT2D eigenvalue weighted by Crippen LogP contribution is -2.28. The molecule has 39 heavy (non-hydrogen) atoms. The molecule has 6 nitrogen and oxygen atoms in total.